The molecule has 69 heavy (non-hydrogen) atoms. The molecule has 9 heteroatoms. The molecule has 0 unspecified atom stereocenters. The second-order valence-corrected chi connectivity index (χ2v) is 28.9. The molecule has 9 nitrogen and oxygen atoms in total. The summed E-state index contributed by atoms with van der Waals surface area (Å²) in [5.41, 5.74) is -0.207. The molecule has 3 aliphatic heterocycles. The summed E-state index contributed by atoms with van der Waals surface area (Å²) in [6, 6.07) is 4.78. The Hall–Kier alpha value is -2.56. The van der Waals surface area contributed by atoms with E-state index in [2.05, 4.69) is 72.4 Å². The number of hydrogen-bond acceptors (Lipinski definition) is 9. The number of nitrogens with zero attached hydrogens (tertiary/aromatic N) is 1. The summed E-state index contributed by atoms with van der Waals surface area (Å²) in [5.74, 6) is 3.56. The van der Waals surface area contributed by atoms with Gasteiger partial charge in [-0.25, -0.2) is 0 Å². The lowest BCUT2D eigenvalue weighted by atomic mass is 9.27. The number of aromatic hydroxyl groups is 2. The smallest absolute Gasteiger partial charge is 0.166 e. The molecule has 14 aliphatic rings. The third-order valence-corrected chi connectivity index (χ3v) is 25.4. The molecular weight excluding hydrogens is 863 g/mol. The van der Waals surface area contributed by atoms with Crippen LogP contribution in [0, 0.1) is 57.2 Å². The highest BCUT2D eigenvalue weighted by molar-refractivity contribution is 5.86. The van der Waals surface area contributed by atoms with Crippen LogP contribution in [0.15, 0.2) is 12.1 Å². The third-order valence-electron chi connectivity index (χ3n) is 25.4. The van der Waals surface area contributed by atoms with E-state index in [1.807, 2.05) is 21.1 Å². The van der Waals surface area contributed by atoms with Crippen LogP contribution in [0.25, 0.3) is 11.1 Å². The number of fused-ring (bicyclic) bond motifs is 4. The van der Waals surface area contributed by atoms with Crippen molar-refractivity contribution in [3.05, 3.63) is 34.4 Å². The highest BCUT2D eigenvalue weighted by Crippen LogP contribution is 2.85. The Kier molecular flexibility index (Phi) is 8.51. The quantitative estimate of drug-likeness (QED) is 0.195. The summed E-state index contributed by atoms with van der Waals surface area (Å²) in [5, 5.41) is 52.3. The Balaban J connectivity index is 0.968. The van der Waals surface area contributed by atoms with Gasteiger partial charge >= 0.3 is 0 Å². The summed E-state index contributed by atoms with van der Waals surface area (Å²) in [6.07, 6.45) is 16.4. The number of aliphatic hydroxyl groups is 2. The SMILES string of the molecule is CO[C@]12CC[C@@]3(C[C@@H]1[C@](C)(O)C(C)(C)C)[C@H]1Cc4cc(-c5cc6c7c(c5O)O[C@@]5(C)[C@]78CC[C@@H](CC7CC7)[C@H](C6)[C@]86CC[C@@]5(OC)[C@@H]([C@](C)(O)C(C)(C)C)C6)c(O)c5c4[C@@]3(CCN1CC1CC1)[C@H]2O5. The Morgan fingerprint density at radius 3 is 1.96 bits per heavy atom. The van der Waals surface area contributed by atoms with Crippen molar-refractivity contribution in [1.82, 2.24) is 4.90 Å². The molecule has 16 rings (SSSR count). The van der Waals surface area contributed by atoms with Crippen LogP contribution >= 0.6 is 0 Å². The summed E-state index contributed by atoms with van der Waals surface area (Å²) >= 11 is 0. The van der Waals surface area contributed by atoms with Gasteiger partial charge in [-0.15, -0.1) is 0 Å². The van der Waals surface area contributed by atoms with Crippen LogP contribution in [0.1, 0.15) is 174 Å². The van der Waals surface area contributed by atoms with Crippen LogP contribution in [0.2, 0.25) is 0 Å². The van der Waals surface area contributed by atoms with Gasteiger partial charge < -0.3 is 39.4 Å². The average Bonchev–Trinajstić information content (AvgIpc) is 4.23. The van der Waals surface area contributed by atoms with Crippen molar-refractivity contribution in [3.63, 3.8) is 0 Å². The molecule has 0 aromatic heterocycles. The van der Waals surface area contributed by atoms with Crippen molar-refractivity contribution in [2.75, 3.05) is 27.3 Å². The monoisotopic (exact) mass is 946 g/mol. The van der Waals surface area contributed by atoms with E-state index in [1.165, 1.54) is 54.4 Å². The first-order valence-electron chi connectivity index (χ1n) is 27.8. The van der Waals surface area contributed by atoms with E-state index < -0.39 is 38.8 Å². The van der Waals surface area contributed by atoms with E-state index in [1.54, 1.807) is 0 Å². The van der Waals surface area contributed by atoms with Gasteiger partial charge in [0.1, 0.15) is 22.9 Å². The molecule has 11 aliphatic carbocycles. The molecular formula is C60H83NO8. The number of rotatable bonds is 9. The molecule has 4 N–H and O–H groups in total. The molecule has 2 aromatic rings. The fourth-order valence-electron chi connectivity index (χ4n) is 21.0. The van der Waals surface area contributed by atoms with Gasteiger partial charge in [0.05, 0.1) is 11.2 Å². The van der Waals surface area contributed by atoms with Gasteiger partial charge in [-0.05, 0) is 180 Å². The Bertz CT molecular complexity index is 2600. The summed E-state index contributed by atoms with van der Waals surface area (Å²) < 4.78 is 29.2. The van der Waals surface area contributed by atoms with Crippen LogP contribution < -0.4 is 9.47 Å². The fourth-order valence-corrected chi connectivity index (χ4v) is 21.0. The maximum atomic E-state index is 13.2. The number of piperidine rings is 1. The largest absolute Gasteiger partial charge is 0.504 e. The predicted molar refractivity (Wildman–Crippen MR) is 265 cm³/mol. The number of methoxy groups -OCH3 is 2. The van der Waals surface area contributed by atoms with E-state index in [4.69, 9.17) is 18.9 Å². The standard InChI is InChI=1S/C60H83NO8/c1-50(2,3)52(7,64)40-29-56-18-20-58(40,66-10)49-57(56)22-23-61(31-33-14-15-33)42(56)28-36-26-37(45(62)47(68-49)43(36)57)38-25-35-27-39-34(24-32-12-13-32)16-17-59-44(35)48(46(38)63)69-54(59,9)60(67-11)21-19-55(39,59)30-41(60)53(8,65)51(4,5)6/h25-26,32-34,39-42,49,62-65H,12-24,27-31H2,1-11H3/t34-,39-,40+,41+,42+,49+,52-,53-,54-,55+,56+,57-,58+,59-,60+/m0/s1. The van der Waals surface area contributed by atoms with E-state index in [9.17, 15) is 20.4 Å². The number of ether oxygens (including phenoxy) is 4. The van der Waals surface area contributed by atoms with E-state index in [-0.39, 0.29) is 57.1 Å². The maximum Gasteiger partial charge on any atom is 0.166 e. The van der Waals surface area contributed by atoms with Gasteiger partial charge in [0, 0.05) is 77.1 Å². The predicted octanol–water partition coefficient (Wildman–Crippen LogP) is 10.5. The molecule has 15 atom stereocenters. The lowest BCUT2D eigenvalue weighted by Crippen LogP contribution is -2.85. The van der Waals surface area contributed by atoms with Crippen molar-refractivity contribution >= 4 is 0 Å². The summed E-state index contributed by atoms with van der Waals surface area (Å²) in [6.45, 7) is 21.5. The topological polar surface area (TPSA) is 121 Å². The first-order chi connectivity index (χ1) is 32.4. The van der Waals surface area contributed by atoms with Crippen LogP contribution in [-0.4, -0.2) is 92.8 Å². The van der Waals surface area contributed by atoms with Gasteiger partial charge in [-0.1, -0.05) is 54.4 Å². The summed E-state index contributed by atoms with van der Waals surface area (Å²) in [7, 11) is 3.70. The van der Waals surface area contributed by atoms with Gasteiger partial charge in [0.2, 0.25) is 0 Å². The van der Waals surface area contributed by atoms with E-state index in [0.29, 0.717) is 34.5 Å². The minimum absolute atomic E-state index is 0.103. The zero-order valence-electron chi connectivity index (χ0n) is 43.9. The number of phenolic OH excluding ortho intramolecular Hbond substituents is 2. The molecule has 3 heterocycles. The van der Waals surface area contributed by atoms with E-state index in [0.717, 1.165) is 95.6 Å². The molecule has 2 aromatic carbocycles. The second-order valence-electron chi connectivity index (χ2n) is 28.9. The van der Waals surface area contributed by atoms with Gasteiger partial charge in [-0.2, -0.15) is 0 Å². The lowest BCUT2D eigenvalue weighted by Gasteiger charge is -2.78. The Morgan fingerprint density at radius 2 is 1.32 bits per heavy atom. The second kappa shape index (κ2) is 13.0. The van der Waals surface area contributed by atoms with Crippen LogP contribution in [-0.2, 0) is 33.1 Å². The zero-order chi connectivity index (χ0) is 48.4. The van der Waals surface area contributed by atoms with Crippen molar-refractivity contribution in [2.45, 2.75) is 216 Å². The number of phenols is 2. The Labute approximate surface area is 411 Å². The van der Waals surface area contributed by atoms with Crippen LogP contribution in [0.3, 0.4) is 0 Å². The van der Waals surface area contributed by atoms with E-state index >= 15 is 0 Å². The Morgan fingerprint density at radius 1 is 0.696 bits per heavy atom. The summed E-state index contributed by atoms with van der Waals surface area (Å²) in [4.78, 5) is 2.84. The van der Waals surface area contributed by atoms with Crippen molar-refractivity contribution in [1.29, 1.82) is 0 Å². The lowest BCUT2D eigenvalue weighted by molar-refractivity contribution is -0.347. The molecule has 4 spiro atoms. The highest BCUT2D eigenvalue weighted by atomic mass is 16.6. The molecule has 1 saturated heterocycles. The minimum Gasteiger partial charge on any atom is -0.504 e. The maximum absolute atomic E-state index is 13.2. The fraction of sp³-hybridized carbons (Fsp3) is 0.800. The first kappa shape index (κ1) is 45.1. The average molecular weight is 946 g/mol. The molecule has 0 amide bonds. The van der Waals surface area contributed by atoms with Crippen molar-refractivity contribution in [3.8, 4) is 34.1 Å². The highest BCUT2D eigenvalue weighted by Gasteiger charge is 2.87. The van der Waals surface area contributed by atoms with Crippen LogP contribution in [0.4, 0.5) is 0 Å². The first-order valence-corrected chi connectivity index (χ1v) is 27.8. The zero-order valence-corrected chi connectivity index (χ0v) is 43.9. The van der Waals surface area contributed by atoms with Gasteiger partial charge in [-0.3, -0.25) is 4.90 Å². The third kappa shape index (κ3) is 4.71. The van der Waals surface area contributed by atoms with Gasteiger partial charge in [0.15, 0.2) is 23.0 Å². The molecule has 8 bridgehead atoms. The minimum atomic E-state index is -1.05. The van der Waals surface area contributed by atoms with Crippen molar-refractivity contribution < 1.29 is 39.4 Å². The number of hydrogen-bond donors (Lipinski definition) is 4. The normalized spacial score (nSPS) is 45.6. The molecule has 0 radical (unpaired) electrons. The molecule has 9 saturated carbocycles. The van der Waals surface area contributed by atoms with Gasteiger partial charge in [0.25, 0.3) is 0 Å². The molecule has 10 fully saturated rings. The van der Waals surface area contributed by atoms with Crippen LogP contribution in [0.5, 0.6) is 23.0 Å². The number of benzene rings is 2. The molecule has 376 valence electrons. The number of likely N-dealkylation sites (tertiary alicyclic amines) is 1. The van der Waals surface area contributed by atoms with Crippen molar-refractivity contribution in [2.24, 2.45) is 57.2 Å².